The standard InChI is InChI=1S/C31H35BrN2O5/c1-3-37-28-8-5-4-7-24(28)17-18-33-30(36)31(21-23-9-13-26(32)14-10-23)22(2)39-29(34-31)25-11-15-27(16-12-25)38-20-6-19-35/h4-5,7-16,22,35H,3,6,17-21H2,1-2H3,(H,33,36)/t22-,31-/m1/s1. The van der Waals surface area contributed by atoms with Crippen molar-refractivity contribution in [2.24, 2.45) is 4.99 Å². The molecule has 1 aliphatic rings. The van der Waals surface area contributed by atoms with E-state index >= 15 is 0 Å². The Bertz CT molecular complexity index is 1260. The second-order valence-electron chi connectivity index (χ2n) is 9.40. The van der Waals surface area contributed by atoms with Crippen LogP contribution in [0.5, 0.6) is 11.5 Å². The van der Waals surface area contributed by atoms with E-state index in [0.29, 0.717) is 50.7 Å². The Morgan fingerprint density at radius 2 is 1.82 bits per heavy atom. The number of hydrogen-bond donors (Lipinski definition) is 2. The molecule has 4 rings (SSSR count). The molecule has 0 fully saturated rings. The van der Waals surface area contributed by atoms with Gasteiger partial charge in [0.1, 0.15) is 17.6 Å². The summed E-state index contributed by atoms with van der Waals surface area (Å²) in [6.07, 6.45) is 1.13. The van der Waals surface area contributed by atoms with Crippen molar-refractivity contribution in [3.8, 4) is 11.5 Å². The number of amides is 1. The highest BCUT2D eigenvalue weighted by atomic mass is 79.9. The molecule has 7 nitrogen and oxygen atoms in total. The maximum Gasteiger partial charge on any atom is 0.252 e. The lowest BCUT2D eigenvalue weighted by Crippen LogP contribution is -2.52. The van der Waals surface area contributed by atoms with Crippen molar-refractivity contribution in [3.63, 3.8) is 0 Å². The molecule has 0 aliphatic carbocycles. The van der Waals surface area contributed by atoms with Crippen LogP contribution in [0.25, 0.3) is 0 Å². The summed E-state index contributed by atoms with van der Waals surface area (Å²) < 4.78 is 18.6. The third kappa shape index (κ3) is 7.19. The minimum atomic E-state index is -1.13. The van der Waals surface area contributed by atoms with Crippen molar-refractivity contribution in [1.82, 2.24) is 5.32 Å². The van der Waals surface area contributed by atoms with Gasteiger partial charge < -0.3 is 24.6 Å². The van der Waals surface area contributed by atoms with Crippen LogP contribution >= 0.6 is 15.9 Å². The van der Waals surface area contributed by atoms with Gasteiger partial charge in [-0.3, -0.25) is 4.79 Å². The van der Waals surface area contributed by atoms with Crippen molar-refractivity contribution in [3.05, 3.63) is 94.0 Å². The van der Waals surface area contributed by atoms with Crippen molar-refractivity contribution < 1.29 is 24.1 Å². The summed E-state index contributed by atoms with van der Waals surface area (Å²) in [4.78, 5) is 18.8. The van der Waals surface area contributed by atoms with Crippen LogP contribution in [-0.4, -0.2) is 54.9 Å². The monoisotopic (exact) mass is 594 g/mol. The number of nitrogens with one attached hydrogen (secondary N) is 1. The number of halogens is 1. The first-order chi connectivity index (χ1) is 18.9. The lowest BCUT2D eigenvalue weighted by molar-refractivity contribution is -0.128. The number of carbonyl (C=O) groups excluding carboxylic acids is 1. The summed E-state index contributed by atoms with van der Waals surface area (Å²) in [6.45, 7) is 5.41. The smallest absolute Gasteiger partial charge is 0.252 e. The van der Waals surface area contributed by atoms with E-state index in [1.54, 1.807) is 0 Å². The fourth-order valence-corrected chi connectivity index (χ4v) is 4.79. The first-order valence-electron chi connectivity index (χ1n) is 13.3. The maximum atomic E-state index is 13.8. The van der Waals surface area contributed by atoms with Gasteiger partial charge in [0.2, 0.25) is 5.90 Å². The Kier molecular flexibility index (Phi) is 10.0. The molecule has 3 aromatic rings. The maximum absolute atomic E-state index is 13.8. The number of para-hydroxylation sites is 1. The van der Waals surface area contributed by atoms with Crippen LogP contribution in [0.1, 0.15) is 37.0 Å². The molecule has 0 saturated heterocycles. The molecule has 0 aromatic heterocycles. The highest BCUT2D eigenvalue weighted by Gasteiger charge is 2.50. The normalized spacial score (nSPS) is 18.3. The minimum absolute atomic E-state index is 0.0855. The minimum Gasteiger partial charge on any atom is -0.494 e. The number of rotatable bonds is 13. The molecule has 2 atom stereocenters. The van der Waals surface area contributed by atoms with E-state index < -0.39 is 11.6 Å². The molecule has 0 saturated carbocycles. The van der Waals surface area contributed by atoms with Crippen LogP contribution in [0.2, 0.25) is 0 Å². The Hall–Kier alpha value is -3.36. The van der Waals surface area contributed by atoms with E-state index in [0.717, 1.165) is 26.9 Å². The summed E-state index contributed by atoms with van der Waals surface area (Å²) in [5, 5.41) is 12.1. The SMILES string of the molecule is CCOc1ccccc1CCNC(=O)[C@]1(Cc2ccc(Br)cc2)N=C(c2ccc(OCCCO)cc2)O[C@@H]1C. The van der Waals surface area contributed by atoms with Gasteiger partial charge in [0, 0.05) is 36.0 Å². The lowest BCUT2D eigenvalue weighted by Gasteiger charge is -2.28. The molecule has 8 heteroatoms. The van der Waals surface area contributed by atoms with E-state index in [4.69, 9.17) is 24.3 Å². The van der Waals surface area contributed by atoms with Gasteiger partial charge in [0.15, 0.2) is 5.54 Å². The van der Waals surface area contributed by atoms with Gasteiger partial charge in [-0.15, -0.1) is 0 Å². The van der Waals surface area contributed by atoms with Crippen LogP contribution in [0.15, 0.2) is 82.3 Å². The third-order valence-corrected chi connectivity index (χ3v) is 7.20. The van der Waals surface area contributed by atoms with Gasteiger partial charge >= 0.3 is 0 Å². The second-order valence-corrected chi connectivity index (χ2v) is 10.3. The van der Waals surface area contributed by atoms with Crippen LogP contribution < -0.4 is 14.8 Å². The molecule has 39 heavy (non-hydrogen) atoms. The average molecular weight is 596 g/mol. The van der Waals surface area contributed by atoms with Crippen LogP contribution in [0, 0.1) is 0 Å². The van der Waals surface area contributed by atoms with E-state index in [-0.39, 0.29) is 12.5 Å². The van der Waals surface area contributed by atoms with Gasteiger partial charge in [-0.05, 0) is 73.9 Å². The largest absolute Gasteiger partial charge is 0.494 e. The zero-order valence-electron chi connectivity index (χ0n) is 22.4. The molecular formula is C31H35BrN2O5. The number of aliphatic imine (C=N–C) groups is 1. The molecule has 0 bridgehead atoms. The first-order valence-corrected chi connectivity index (χ1v) is 14.1. The Labute approximate surface area is 238 Å². The van der Waals surface area contributed by atoms with Crippen molar-refractivity contribution in [1.29, 1.82) is 0 Å². The Morgan fingerprint density at radius 3 is 2.54 bits per heavy atom. The number of nitrogens with zero attached hydrogens (tertiary/aromatic N) is 1. The molecule has 0 unspecified atom stereocenters. The molecule has 1 heterocycles. The fourth-order valence-electron chi connectivity index (χ4n) is 4.53. The van der Waals surface area contributed by atoms with E-state index in [9.17, 15) is 4.79 Å². The summed E-state index contributed by atoms with van der Waals surface area (Å²) in [5.74, 6) is 1.79. The van der Waals surface area contributed by atoms with Crippen LogP contribution in [0.3, 0.4) is 0 Å². The topological polar surface area (TPSA) is 89.4 Å². The van der Waals surface area contributed by atoms with Gasteiger partial charge in [-0.2, -0.15) is 0 Å². The Balaban J connectivity index is 1.55. The zero-order valence-corrected chi connectivity index (χ0v) is 23.9. The number of carbonyl (C=O) groups is 1. The number of hydrogen-bond acceptors (Lipinski definition) is 6. The van der Waals surface area contributed by atoms with Crippen molar-refractivity contribution in [2.45, 2.75) is 44.8 Å². The van der Waals surface area contributed by atoms with Gasteiger partial charge in [0.05, 0.1) is 13.2 Å². The van der Waals surface area contributed by atoms with Crippen molar-refractivity contribution in [2.75, 3.05) is 26.4 Å². The summed E-state index contributed by atoms with van der Waals surface area (Å²) in [5.41, 5.74) is 1.68. The molecular weight excluding hydrogens is 560 g/mol. The number of aliphatic hydroxyl groups is 1. The molecule has 1 amide bonds. The average Bonchev–Trinajstić information content (AvgIpc) is 3.28. The predicted molar refractivity (Wildman–Crippen MR) is 156 cm³/mol. The van der Waals surface area contributed by atoms with Gasteiger partial charge in [-0.1, -0.05) is 46.3 Å². The predicted octanol–water partition coefficient (Wildman–Crippen LogP) is 5.11. The van der Waals surface area contributed by atoms with Gasteiger partial charge in [-0.25, -0.2) is 4.99 Å². The quantitative estimate of drug-likeness (QED) is 0.268. The van der Waals surface area contributed by atoms with Crippen LogP contribution in [-0.2, 0) is 22.4 Å². The molecule has 1 aliphatic heterocycles. The number of aliphatic hydroxyl groups excluding tert-OH is 1. The Morgan fingerprint density at radius 1 is 1.08 bits per heavy atom. The molecule has 2 N–H and O–H groups in total. The first kappa shape index (κ1) is 28.6. The molecule has 0 spiro atoms. The number of benzene rings is 3. The lowest BCUT2D eigenvalue weighted by atomic mass is 9.86. The molecule has 3 aromatic carbocycles. The summed E-state index contributed by atoms with van der Waals surface area (Å²) in [7, 11) is 0. The third-order valence-electron chi connectivity index (χ3n) is 6.67. The fraction of sp³-hybridized carbons (Fsp3) is 0.355. The molecule has 0 radical (unpaired) electrons. The summed E-state index contributed by atoms with van der Waals surface area (Å²) >= 11 is 3.49. The van der Waals surface area contributed by atoms with Gasteiger partial charge in [0.25, 0.3) is 5.91 Å². The highest BCUT2D eigenvalue weighted by molar-refractivity contribution is 9.10. The molecule has 206 valence electrons. The van der Waals surface area contributed by atoms with Crippen molar-refractivity contribution >= 4 is 27.7 Å². The second kappa shape index (κ2) is 13.6. The zero-order chi connectivity index (χ0) is 27.7. The van der Waals surface area contributed by atoms with E-state index in [1.807, 2.05) is 86.6 Å². The number of ether oxygens (including phenoxy) is 3. The summed E-state index contributed by atoms with van der Waals surface area (Å²) in [6, 6.07) is 23.2. The van der Waals surface area contributed by atoms with E-state index in [2.05, 4.69) is 21.2 Å². The highest BCUT2D eigenvalue weighted by Crippen LogP contribution is 2.33. The van der Waals surface area contributed by atoms with Crippen LogP contribution in [0.4, 0.5) is 0 Å². The van der Waals surface area contributed by atoms with E-state index in [1.165, 1.54) is 0 Å².